The number of halogens is 1. The van der Waals surface area contributed by atoms with E-state index in [4.69, 9.17) is 4.74 Å². The molecule has 0 heterocycles. The van der Waals surface area contributed by atoms with Crippen molar-refractivity contribution in [3.05, 3.63) is 76.3 Å². The molecule has 0 aliphatic rings. The summed E-state index contributed by atoms with van der Waals surface area (Å²) in [6, 6.07) is 20.6. The van der Waals surface area contributed by atoms with Crippen molar-refractivity contribution < 1.29 is 9.53 Å². The van der Waals surface area contributed by atoms with Crippen molar-refractivity contribution in [2.24, 2.45) is 0 Å². The molecule has 1 amide bonds. The molecule has 0 aromatic heterocycles. The van der Waals surface area contributed by atoms with Crippen molar-refractivity contribution in [1.82, 2.24) is 5.32 Å². The minimum absolute atomic E-state index is 0.0807. The van der Waals surface area contributed by atoms with Gasteiger partial charge in [0.2, 0.25) is 5.91 Å². The molecule has 3 nitrogen and oxygen atoms in total. The van der Waals surface area contributed by atoms with E-state index in [0.29, 0.717) is 19.4 Å². The predicted octanol–water partition coefficient (Wildman–Crippen LogP) is 4.90. The Hall–Kier alpha value is -2.33. The standard InChI is InChI=1S/C22H22BrNO2/c1-26-21-11-9-16(15-20(21)23)10-12-22(25)24-14-13-18-7-4-6-17-5-2-3-8-19(17)18/h2-9,11,15H,10,12-14H2,1H3,(H,24,25). The van der Waals surface area contributed by atoms with Gasteiger partial charge in [0.25, 0.3) is 0 Å². The van der Waals surface area contributed by atoms with Crippen molar-refractivity contribution in [3.63, 3.8) is 0 Å². The summed E-state index contributed by atoms with van der Waals surface area (Å²) in [6.45, 7) is 0.652. The average Bonchev–Trinajstić information content (AvgIpc) is 2.66. The zero-order valence-corrected chi connectivity index (χ0v) is 16.4. The highest BCUT2D eigenvalue weighted by Gasteiger charge is 2.06. The van der Waals surface area contributed by atoms with Crippen LogP contribution in [0.15, 0.2) is 65.1 Å². The third-order valence-corrected chi connectivity index (χ3v) is 5.07. The number of hydrogen-bond donors (Lipinski definition) is 1. The molecule has 0 spiro atoms. The second-order valence-corrected chi connectivity index (χ2v) is 7.06. The topological polar surface area (TPSA) is 38.3 Å². The molecular formula is C22H22BrNO2. The SMILES string of the molecule is COc1ccc(CCC(=O)NCCc2cccc3ccccc23)cc1Br. The van der Waals surface area contributed by atoms with Crippen molar-refractivity contribution in [2.75, 3.05) is 13.7 Å². The smallest absolute Gasteiger partial charge is 0.220 e. The van der Waals surface area contributed by atoms with E-state index in [1.807, 2.05) is 24.3 Å². The number of benzene rings is 3. The van der Waals surface area contributed by atoms with E-state index in [-0.39, 0.29) is 5.91 Å². The molecule has 3 aromatic carbocycles. The lowest BCUT2D eigenvalue weighted by Gasteiger charge is -2.09. The van der Waals surface area contributed by atoms with Crippen LogP contribution in [0, 0.1) is 0 Å². The Labute approximate surface area is 162 Å². The maximum absolute atomic E-state index is 12.1. The summed E-state index contributed by atoms with van der Waals surface area (Å²) in [5.41, 5.74) is 2.38. The van der Waals surface area contributed by atoms with Crippen molar-refractivity contribution >= 4 is 32.6 Å². The number of rotatable bonds is 7. The first-order valence-corrected chi connectivity index (χ1v) is 9.52. The molecule has 0 bridgehead atoms. The minimum atomic E-state index is 0.0807. The first kappa shape index (κ1) is 18.5. The number of amides is 1. The Morgan fingerprint density at radius 1 is 1.04 bits per heavy atom. The van der Waals surface area contributed by atoms with Gasteiger partial charge in [-0.3, -0.25) is 4.79 Å². The van der Waals surface area contributed by atoms with Gasteiger partial charge in [0.05, 0.1) is 11.6 Å². The van der Waals surface area contributed by atoms with E-state index in [0.717, 1.165) is 22.2 Å². The zero-order chi connectivity index (χ0) is 18.4. The van der Waals surface area contributed by atoms with Crippen molar-refractivity contribution in [2.45, 2.75) is 19.3 Å². The molecule has 0 aliphatic heterocycles. The fourth-order valence-electron chi connectivity index (χ4n) is 3.06. The van der Waals surface area contributed by atoms with Crippen molar-refractivity contribution in [3.8, 4) is 5.75 Å². The zero-order valence-electron chi connectivity index (χ0n) is 14.8. The molecule has 0 atom stereocenters. The Bertz CT molecular complexity index is 902. The quantitative estimate of drug-likeness (QED) is 0.600. The number of ether oxygens (including phenoxy) is 1. The van der Waals surface area contributed by atoms with Gasteiger partial charge >= 0.3 is 0 Å². The number of hydrogen-bond acceptors (Lipinski definition) is 2. The third kappa shape index (κ3) is 4.64. The van der Waals surface area contributed by atoms with Crippen LogP contribution in [-0.4, -0.2) is 19.6 Å². The number of carbonyl (C=O) groups excluding carboxylic acids is 1. The fourth-order valence-corrected chi connectivity index (χ4v) is 3.65. The summed E-state index contributed by atoms with van der Waals surface area (Å²) in [5.74, 6) is 0.880. The van der Waals surface area contributed by atoms with Crippen LogP contribution in [0.25, 0.3) is 10.8 Å². The lowest BCUT2D eigenvalue weighted by Crippen LogP contribution is -2.25. The number of aryl methyl sites for hydroxylation is 1. The third-order valence-electron chi connectivity index (χ3n) is 4.45. The molecule has 26 heavy (non-hydrogen) atoms. The fraction of sp³-hybridized carbons (Fsp3) is 0.227. The highest BCUT2D eigenvalue weighted by Crippen LogP contribution is 2.26. The number of fused-ring (bicyclic) bond motifs is 1. The maximum Gasteiger partial charge on any atom is 0.220 e. The Morgan fingerprint density at radius 2 is 1.85 bits per heavy atom. The van der Waals surface area contributed by atoms with E-state index >= 15 is 0 Å². The van der Waals surface area contributed by atoms with Crippen LogP contribution < -0.4 is 10.1 Å². The lowest BCUT2D eigenvalue weighted by molar-refractivity contribution is -0.121. The van der Waals surface area contributed by atoms with E-state index in [2.05, 4.69) is 57.6 Å². The van der Waals surface area contributed by atoms with Gasteiger partial charge in [0.15, 0.2) is 0 Å². The molecule has 4 heteroatoms. The number of nitrogens with one attached hydrogen (secondary N) is 1. The highest BCUT2D eigenvalue weighted by atomic mass is 79.9. The summed E-state index contributed by atoms with van der Waals surface area (Å²) < 4.78 is 6.14. The molecule has 0 unspecified atom stereocenters. The summed E-state index contributed by atoms with van der Waals surface area (Å²) in [4.78, 5) is 12.1. The molecule has 3 aromatic rings. The molecule has 1 N–H and O–H groups in total. The summed E-state index contributed by atoms with van der Waals surface area (Å²) in [7, 11) is 1.64. The van der Waals surface area contributed by atoms with Crippen LogP contribution in [-0.2, 0) is 17.6 Å². The molecule has 0 radical (unpaired) electrons. The summed E-state index contributed by atoms with van der Waals surface area (Å²) in [6.07, 6.45) is 2.03. The van der Waals surface area contributed by atoms with Crippen LogP contribution in [0.5, 0.6) is 5.75 Å². The normalized spacial score (nSPS) is 10.7. The van der Waals surface area contributed by atoms with Gasteiger partial charge in [-0.05, 0) is 62.8 Å². The maximum atomic E-state index is 12.1. The van der Waals surface area contributed by atoms with Crippen LogP contribution in [0.1, 0.15) is 17.5 Å². The van der Waals surface area contributed by atoms with Gasteiger partial charge in [0.1, 0.15) is 5.75 Å². The molecular weight excluding hydrogens is 390 g/mol. The largest absolute Gasteiger partial charge is 0.496 e. The van der Waals surface area contributed by atoms with E-state index in [1.165, 1.54) is 16.3 Å². The van der Waals surface area contributed by atoms with Gasteiger partial charge < -0.3 is 10.1 Å². The van der Waals surface area contributed by atoms with Gasteiger partial charge in [-0.1, -0.05) is 48.5 Å². The highest BCUT2D eigenvalue weighted by molar-refractivity contribution is 9.10. The Kier molecular flexibility index (Phi) is 6.29. The second-order valence-electron chi connectivity index (χ2n) is 6.21. The molecule has 3 rings (SSSR count). The number of methoxy groups -OCH3 is 1. The first-order chi connectivity index (χ1) is 12.7. The molecule has 0 saturated carbocycles. The van der Waals surface area contributed by atoms with Gasteiger partial charge in [-0.25, -0.2) is 0 Å². The Balaban J connectivity index is 1.49. The first-order valence-electron chi connectivity index (χ1n) is 8.73. The lowest BCUT2D eigenvalue weighted by atomic mass is 10.0. The predicted molar refractivity (Wildman–Crippen MR) is 110 cm³/mol. The van der Waals surface area contributed by atoms with Gasteiger partial charge in [-0.2, -0.15) is 0 Å². The number of carbonyl (C=O) groups is 1. The van der Waals surface area contributed by atoms with Crippen LogP contribution >= 0.6 is 15.9 Å². The van der Waals surface area contributed by atoms with E-state index < -0.39 is 0 Å². The van der Waals surface area contributed by atoms with E-state index in [1.54, 1.807) is 7.11 Å². The van der Waals surface area contributed by atoms with Crippen LogP contribution in [0.4, 0.5) is 0 Å². The minimum Gasteiger partial charge on any atom is -0.496 e. The van der Waals surface area contributed by atoms with Crippen molar-refractivity contribution in [1.29, 1.82) is 0 Å². The molecule has 0 fully saturated rings. The average molecular weight is 412 g/mol. The second kappa shape index (κ2) is 8.86. The van der Waals surface area contributed by atoms with Crippen LogP contribution in [0.3, 0.4) is 0 Å². The van der Waals surface area contributed by atoms with Gasteiger partial charge in [0, 0.05) is 13.0 Å². The van der Waals surface area contributed by atoms with E-state index in [9.17, 15) is 4.79 Å². The molecule has 134 valence electrons. The summed E-state index contributed by atoms with van der Waals surface area (Å²) in [5, 5.41) is 5.52. The molecule has 0 aliphatic carbocycles. The van der Waals surface area contributed by atoms with Gasteiger partial charge in [-0.15, -0.1) is 0 Å². The summed E-state index contributed by atoms with van der Waals surface area (Å²) >= 11 is 3.48. The monoisotopic (exact) mass is 411 g/mol. The van der Waals surface area contributed by atoms with Crippen LogP contribution in [0.2, 0.25) is 0 Å². The molecule has 0 saturated heterocycles. The Morgan fingerprint density at radius 3 is 2.65 bits per heavy atom.